The summed E-state index contributed by atoms with van der Waals surface area (Å²) in [5.74, 6) is -0.114. The van der Waals surface area contributed by atoms with Crippen molar-refractivity contribution in [2.45, 2.75) is 0 Å². The fraction of sp³-hybridized carbons (Fsp3) is 0.0667. The van der Waals surface area contributed by atoms with Gasteiger partial charge in [-0.15, -0.1) is 0 Å². The monoisotopic (exact) mass is 271 g/mol. The number of amides is 1. The molecule has 0 saturated heterocycles. The van der Waals surface area contributed by atoms with Crippen molar-refractivity contribution in [2.75, 3.05) is 12.4 Å². The van der Waals surface area contributed by atoms with E-state index in [2.05, 4.69) is 5.32 Å². The number of hydrogen-bond acceptors (Lipinski definition) is 4. The van der Waals surface area contributed by atoms with Crippen LogP contribution in [0.25, 0.3) is 0 Å². The van der Waals surface area contributed by atoms with Gasteiger partial charge in [0.25, 0.3) is 5.91 Å². The van der Waals surface area contributed by atoms with E-state index in [1.54, 1.807) is 30.3 Å². The zero-order chi connectivity index (χ0) is 14.5. The highest BCUT2D eigenvalue weighted by Gasteiger charge is 2.12. The van der Waals surface area contributed by atoms with Crippen molar-refractivity contribution in [2.24, 2.45) is 0 Å². The van der Waals surface area contributed by atoms with E-state index in [4.69, 9.17) is 4.74 Å². The topological polar surface area (TPSA) is 75.6 Å². The minimum absolute atomic E-state index is 0.115. The first-order chi connectivity index (χ1) is 9.63. The van der Waals surface area contributed by atoms with Crippen molar-refractivity contribution in [3.63, 3.8) is 0 Å². The number of anilines is 1. The number of hydrogen-bond donors (Lipinski definition) is 2. The molecular formula is C15H13NO4. The molecule has 0 unspecified atom stereocenters. The van der Waals surface area contributed by atoms with E-state index in [1.165, 1.54) is 19.2 Å². The summed E-state index contributed by atoms with van der Waals surface area (Å²) in [4.78, 5) is 22.6. The molecule has 0 aromatic heterocycles. The van der Waals surface area contributed by atoms with Gasteiger partial charge in [0.2, 0.25) is 0 Å². The average molecular weight is 271 g/mol. The third-order valence-electron chi connectivity index (χ3n) is 2.75. The average Bonchev–Trinajstić information content (AvgIpc) is 2.48. The Morgan fingerprint density at radius 2 is 1.90 bits per heavy atom. The quantitative estimate of drug-likeness (QED) is 0.837. The smallest absolute Gasteiger partial charge is 0.259 e. The van der Waals surface area contributed by atoms with E-state index in [1.807, 2.05) is 0 Å². The lowest BCUT2D eigenvalue weighted by Crippen LogP contribution is -2.12. The van der Waals surface area contributed by atoms with Gasteiger partial charge in [-0.25, -0.2) is 0 Å². The Morgan fingerprint density at radius 1 is 1.20 bits per heavy atom. The minimum Gasteiger partial charge on any atom is -0.507 e. The predicted octanol–water partition coefficient (Wildman–Crippen LogP) is 2.47. The molecule has 1 amide bonds. The number of carbonyl (C=O) groups is 2. The van der Waals surface area contributed by atoms with Crippen LogP contribution in [0.5, 0.6) is 11.5 Å². The summed E-state index contributed by atoms with van der Waals surface area (Å²) in [5.41, 5.74) is 1.17. The molecule has 0 heterocycles. The van der Waals surface area contributed by atoms with Crippen LogP contribution in [0.2, 0.25) is 0 Å². The molecule has 20 heavy (non-hydrogen) atoms. The van der Waals surface area contributed by atoms with Gasteiger partial charge in [0.05, 0.1) is 12.7 Å². The number of ether oxygens (including phenoxy) is 1. The first kappa shape index (κ1) is 13.6. The van der Waals surface area contributed by atoms with Crippen LogP contribution in [0.4, 0.5) is 5.69 Å². The SMILES string of the molecule is COc1ccc(O)c(C(=O)Nc2ccc(C=O)cc2)c1. The lowest BCUT2D eigenvalue weighted by molar-refractivity contribution is 0.102. The Balaban J connectivity index is 2.20. The molecule has 5 heteroatoms. The molecule has 2 aromatic carbocycles. The number of phenolic OH excluding ortho intramolecular Hbond substituents is 1. The van der Waals surface area contributed by atoms with E-state index in [-0.39, 0.29) is 11.3 Å². The highest BCUT2D eigenvalue weighted by atomic mass is 16.5. The molecule has 0 saturated carbocycles. The zero-order valence-electron chi connectivity index (χ0n) is 10.8. The molecule has 0 aliphatic carbocycles. The lowest BCUT2D eigenvalue weighted by atomic mass is 10.1. The first-order valence-corrected chi connectivity index (χ1v) is 5.87. The van der Waals surface area contributed by atoms with Crippen molar-refractivity contribution >= 4 is 17.9 Å². The molecule has 0 bridgehead atoms. The van der Waals surface area contributed by atoms with Crippen LogP contribution in [-0.2, 0) is 0 Å². The third-order valence-corrected chi connectivity index (χ3v) is 2.75. The molecule has 2 N–H and O–H groups in total. The highest BCUT2D eigenvalue weighted by molar-refractivity contribution is 6.06. The summed E-state index contributed by atoms with van der Waals surface area (Å²) in [6.07, 6.45) is 0.722. The van der Waals surface area contributed by atoms with Gasteiger partial charge in [-0.1, -0.05) is 0 Å². The van der Waals surface area contributed by atoms with E-state index in [0.717, 1.165) is 6.29 Å². The van der Waals surface area contributed by atoms with E-state index in [0.29, 0.717) is 17.0 Å². The maximum atomic E-state index is 12.1. The van der Waals surface area contributed by atoms with Gasteiger partial charge < -0.3 is 15.2 Å². The van der Waals surface area contributed by atoms with Gasteiger partial charge in [0.1, 0.15) is 17.8 Å². The second kappa shape index (κ2) is 5.88. The molecule has 0 aliphatic rings. The van der Waals surface area contributed by atoms with Crippen LogP contribution >= 0.6 is 0 Å². The van der Waals surface area contributed by atoms with Crippen LogP contribution in [0.15, 0.2) is 42.5 Å². The minimum atomic E-state index is -0.458. The van der Waals surface area contributed by atoms with E-state index < -0.39 is 5.91 Å². The standard InChI is InChI=1S/C15H13NO4/c1-20-12-6-7-14(18)13(8-12)15(19)16-11-4-2-10(9-17)3-5-11/h2-9,18H,1H3,(H,16,19). The van der Waals surface area contributed by atoms with Gasteiger partial charge in [-0.3, -0.25) is 9.59 Å². The van der Waals surface area contributed by atoms with Gasteiger partial charge in [-0.05, 0) is 42.5 Å². The van der Waals surface area contributed by atoms with Crippen LogP contribution < -0.4 is 10.1 Å². The molecule has 0 radical (unpaired) electrons. The molecule has 2 rings (SSSR count). The predicted molar refractivity (Wildman–Crippen MR) is 74.4 cm³/mol. The normalized spacial score (nSPS) is 9.85. The van der Waals surface area contributed by atoms with Crippen molar-refractivity contribution in [1.82, 2.24) is 0 Å². The van der Waals surface area contributed by atoms with Crippen molar-refractivity contribution in [3.8, 4) is 11.5 Å². The number of carbonyl (C=O) groups excluding carboxylic acids is 2. The summed E-state index contributed by atoms with van der Waals surface area (Å²) < 4.78 is 5.01. The maximum Gasteiger partial charge on any atom is 0.259 e. The summed E-state index contributed by atoms with van der Waals surface area (Å²) >= 11 is 0. The Bertz CT molecular complexity index is 635. The van der Waals surface area contributed by atoms with Gasteiger partial charge >= 0.3 is 0 Å². The largest absolute Gasteiger partial charge is 0.507 e. The molecular weight excluding hydrogens is 258 g/mol. The van der Waals surface area contributed by atoms with Crippen molar-refractivity contribution < 1.29 is 19.4 Å². The highest BCUT2D eigenvalue weighted by Crippen LogP contribution is 2.23. The van der Waals surface area contributed by atoms with E-state index in [9.17, 15) is 14.7 Å². The fourth-order valence-corrected chi connectivity index (χ4v) is 1.67. The van der Waals surface area contributed by atoms with Crippen LogP contribution in [0, 0.1) is 0 Å². The molecule has 5 nitrogen and oxygen atoms in total. The number of benzene rings is 2. The molecule has 0 aliphatic heterocycles. The zero-order valence-corrected chi connectivity index (χ0v) is 10.8. The van der Waals surface area contributed by atoms with Crippen LogP contribution in [0.1, 0.15) is 20.7 Å². The van der Waals surface area contributed by atoms with Crippen molar-refractivity contribution in [1.29, 1.82) is 0 Å². The number of aldehydes is 1. The Labute approximate surface area is 115 Å². The number of rotatable bonds is 4. The number of methoxy groups -OCH3 is 1. The lowest BCUT2D eigenvalue weighted by Gasteiger charge is -2.08. The number of aromatic hydroxyl groups is 1. The maximum absolute atomic E-state index is 12.1. The summed E-state index contributed by atoms with van der Waals surface area (Å²) in [7, 11) is 1.48. The van der Waals surface area contributed by atoms with Gasteiger partial charge in [0.15, 0.2) is 0 Å². The molecule has 102 valence electrons. The Hall–Kier alpha value is -2.82. The Kier molecular flexibility index (Phi) is 4.00. The van der Waals surface area contributed by atoms with Gasteiger partial charge in [0, 0.05) is 11.3 Å². The first-order valence-electron chi connectivity index (χ1n) is 5.87. The summed E-state index contributed by atoms with van der Waals surface area (Å²) in [6, 6.07) is 10.8. The number of phenols is 1. The Morgan fingerprint density at radius 3 is 2.50 bits per heavy atom. The second-order valence-electron chi connectivity index (χ2n) is 4.08. The molecule has 2 aromatic rings. The van der Waals surface area contributed by atoms with Crippen molar-refractivity contribution in [3.05, 3.63) is 53.6 Å². The third kappa shape index (κ3) is 2.95. The fourth-order valence-electron chi connectivity index (χ4n) is 1.67. The van der Waals surface area contributed by atoms with E-state index >= 15 is 0 Å². The van der Waals surface area contributed by atoms with Crippen LogP contribution in [0.3, 0.4) is 0 Å². The molecule has 0 fully saturated rings. The second-order valence-corrected chi connectivity index (χ2v) is 4.08. The van der Waals surface area contributed by atoms with Crippen LogP contribution in [-0.4, -0.2) is 24.4 Å². The number of nitrogens with one attached hydrogen (secondary N) is 1. The summed E-state index contributed by atoms with van der Waals surface area (Å²) in [6.45, 7) is 0. The molecule has 0 atom stereocenters. The van der Waals surface area contributed by atoms with Gasteiger partial charge in [-0.2, -0.15) is 0 Å². The summed E-state index contributed by atoms with van der Waals surface area (Å²) in [5, 5.41) is 12.3. The molecule has 0 spiro atoms.